The van der Waals surface area contributed by atoms with Crippen LogP contribution in [0.2, 0.25) is 0 Å². The molecule has 1 N–H and O–H groups in total. The molecule has 0 radical (unpaired) electrons. The molecule has 4 rings (SSSR count). The monoisotopic (exact) mass is 423 g/mol. The van der Waals surface area contributed by atoms with Gasteiger partial charge in [-0.3, -0.25) is 4.90 Å². The highest BCUT2D eigenvalue weighted by molar-refractivity contribution is 5.81. The van der Waals surface area contributed by atoms with Crippen molar-refractivity contribution < 1.29 is 24.2 Å². The molecule has 1 fully saturated rings. The smallest absolute Gasteiger partial charge is 0.410 e. The number of carbonyl (C=O) groups excluding carboxylic acids is 1. The Balaban J connectivity index is 1.54. The zero-order valence-electron chi connectivity index (χ0n) is 18.2. The van der Waals surface area contributed by atoms with Gasteiger partial charge in [0.15, 0.2) is 0 Å². The van der Waals surface area contributed by atoms with E-state index in [1.54, 1.807) is 7.11 Å². The molecule has 6 heteroatoms. The van der Waals surface area contributed by atoms with Crippen LogP contribution in [0, 0.1) is 0 Å². The molecule has 2 aliphatic carbocycles. The number of hydrogen-bond acceptors (Lipinski definition) is 4. The van der Waals surface area contributed by atoms with E-state index in [0.29, 0.717) is 0 Å². The number of carboxylic acid groups (broad SMARTS) is 1. The number of fused-ring (bicyclic) bond motifs is 3. The summed E-state index contributed by atoms with van der Waals surface area (Å²) < 4.78 is 11.2. The first-order valence-corrected chi connectivity index (χ1v) is 10.7. The Kier molecular flexibility index (Phi) is 5.75. The van der Waals surface area contributed by atoms with Crippen LogP contribution in [0.5, 0.6) is 0 Å². The summed E-state index contributed by atoms with van der Waals surface area (Å²) in [6.07, 6.45) is 1.21. The van der Waals surface area contributed by atoms with Crippen LogP contribution in [-0.4, -0.2) is 53.5 Å². The maximum atomic E-state index is 13.1. The topological polar surface area (TPSA) is 76.1 Å². The number of carbonyl (C=O) groups is 2. The summed E-state index contributed by atoms with van der Waals surface area (Å²) in [6.45, 7) is 3.83. The van der Waals surface area contributed by atoms with Crippen LogP contribution in [-0.2, 0) is 14.3 Å². The molecule has 31 heavy (non-hydrogen) atoms. The zero-order valence-corrected chi connectivity index (χ0v) is 18.2. The van der Waals surface area contributed by atoms with Crippen LogP contribution in [0.4, 0.5) is 4.79 Å². The van der Waals surface area contributed by atoms with Gasteiger partial charge in [-0.2, -0.15) is 0 Å². The normalized spacial score (nSPS) is 16.4. The van der Waals surface area contributed by atoms with Gasteiger partial charge in [-0.05, 0) is 48.9 Å². The molecule has 2 aromatic rings. The predicted molar refractivity (Wildman–Crippen MR) is 117 cm³/mol. The van der Waals surface area contributed by atoms with Crippen LogP contribution in [0.3, 0.4) is 0 Å². The highest BCUT2D eigenvalue weighted by Gasteiger charge is 2.44. The lowest BCUT2D eigenvalue weighted by molar-refractivity contribution is -0.145. The molecule has 0 saturated heterocycles. The molecule has 2 aliphatic rings. The summed E-state index contributed by atoms with van der Waals surface area (Å²) in [6, 6.07) is 15.2. The third-order valence-electron chi connectivity index (χ3n) is 6.35. The summed E-state index contributed by atoms with van der Waals surface area (Å²) in [5, 5.41) is 9.86. The van der Waals surface area contributed by atoms with Crippen molar-refractivity contribution in [2.75, 3.05) is 13.7 Å². The van der Waals surface area contributed by atoms with Crippen molar-refractivity contribution in [3.8, 4) is 11.1 Å². The van der Waals surface area contributed by atoms with Gasteiger partial charge in [-0.15, -0.1) is 0 Å². The van der Waals surface area contributed by atoms with Gasteiger partial charge in [-0.25, -0.2) is 9.59 Å². The molecule has 1 amide bonds. The lowest BCUT2D eigenvalue weighted by atomic mass is 9.97. The van der Waals surface area contributed by atoms with Gasteiger partial charge in [0.2, 0.25) is 0 Å². The van der Waals surface area contributed by atoms with Crippen molar-refractivity contribution in [2.45, 2.75) is 56.7 Å². The van der Waals surface area contributed by atoms with Crippen LogP contribution in [0.15, 0.2) is 48.5 Å². The van der Waals surface area contributed by atoms with Crippen LogP contribution < -0.4 is 0 Å². The largest absolute Gasteiger partial charge is 0.480 e. The second-order valence-electron chi connectivity index (χ2n) is 8.96. The number of aliphatic carboxylic acids is 1. The van der Waals surface area contributed by atoms with E-state index in [2.05, 4.69) is 24.3 Å². The molecule has 0 aromatic heterocycles. The number of hydrogen-bond donors (Lipinski definition) is 1. The highest BCUT2D eigenvalue weighted by Crippen LogP contribution is 2.44. The van der Waals surface area contributed by atoms with Crippen LogP contribution in [0.1, 0.15) is 50.2 Å². The molecule has 0 spiro atoms. The minimum Gasteiger partial charge on any atom is -0.480 e. The zero-order chi connectivity index (χ0) is 22.2. The highest BCUT2D eigenvalue weighted by atomic mass is 16.6. The summed E-state index contributed by atoms with van der Waals surface area (Å²) in [7, 11) is 1.55. The molecule has 164 valence electrons. The van der Waals surface area contributed by atoms with Crippen molar-refractivity contribution in [3.63, 3.8) is 0 Å². The van der Waals surface area contributed by atoms with E-state index in [0.717, 1.165) is 35.1 Å². The van der Waals surface area contributed by atoms with Crippen molar-refractivity contribution in [3.05, 3.63) is 59.7 Å². The summed E-state index contributed by atoms with van der Waals surface area (Å²) in [5.41, 5.74) is 3.90. The maximum Gasteiger partial charge on any atom is 0.410 e. The molecule has 0 aliphatic heterocycles. The quantitative estimate of drug-likeness (QED) is 0.668. The number of rotatable bonds is 8. The SMILES string of the molecule is COC(C)(C)CC(C(=O)O)N(C(=O)OCC1c2ccccc2-c2ccccc21)C1CC1. The average molecular weight is 424 g/mol. The van der Waals surface area contributed by atoms with Crippen molar-refractivity contribution >= 4 is 12.1 Å². The van der Waals surface area contributed by atoms with Gasteiger partial charge in [-0.1, -0.05) is 48.5 Å². The summed E-state index contributed by atoms with van der Waals surface area (Å²) in [4.78, 5) is 26.6. The second-order valence-corrected chi connectivity index (χ2v) is 8.96. The van der Waals surface area contributed by atoms with Gasteiger partial charge < -0.3 is 14.6 Å². The van der Waals surface area contributed by atoms with Crippen molar-refractivity contribution in [1.29, 1.82) is 0 Å². The molecule has 0 heterocycles. The molecule has 1 unspecified atom stereocenters. The number of carboxylic acids is 1. The van der Waals surface area contributed by atoms with Gasteiger partial charge in [0.1, 0.15) is 12.6 Å². The summed E-state index contributed by atoms with van der Waals surface area (Å²) in [5.74, 6) is -1.10. The molecule has 6 nitrogen and oxygen atoms in total. The first kappa shape index (κ1) is 21.4. The Morgan fingerprint density at radius 2 is 1.61 bits per heavy atom. The Hall–Kier alpha value is -2.86. The van der Waals surface area contributed by atoms with Crippen molar-refractivity contribution in [1.82, 2.24) is 4.90 Å². The fourth-order valence-electron chi connectivity index (χ4n) is 4.41. The van der Waals surface area contributed by atoms with E-state index in [1.807, 2.05) is 38.1 Å². The van der Waals surface area contributed by atoms with Crippen LogP contribution >= 0.6 is 0 Å². The Labute approximate surface area is 182 Å². The van der Waals surface area contributed by atoms with E-state index in [1.165, 1.54) is 4.90 Å². The molecule has 1 saturated carbocycles. The average Bonchev–Trinajstić information content (AvgIpc) is 3.54. The first-order chi connectivity index (χ1) is 14.8. The lowest BCUT2D eigenvalue weighted by Gasteiger charge is -2.33. The number of ether oxygens (including phenoxy) is 2. The van der Waals surface area contributed by atoms with Gasteiger partial charge in [0, 0.05) is 25.5 Å². The Morgan fingerprint density at radius 3 is 2.10 bits per heavy atom. The van der Waals surface area contributed by atoms with Gasteiger partial charge in [0.25, 0.3) is 0 Å². The van der Waals surface area contributed by atoms with Crippen molar-refractivity contribution in [2.24, 2.45) is 0 Å². The molecule has 1 atom stereocenters. The predicted octanol–water partition coefficient (Wildman–Crippen LogP) is 4.67. The van der Waals surface area contributed by atoms with E-state index in [4.69, 9.17) is 9.47 Å². The minimum absolute atomic E-state index is 0.0592. The van der Waals surface area contributed by atoms with Gasteiger partial charge in [0.05, 0.1) is 5.60 Å². The molecular formula is C25H29NO5. The fourth-order valence-corrected chi connectivity index (χ4v) is 4.41. The third kappa shape index (κ3) is 4.30. The van der Waals surface area contributed by atoms with Gasteiger partial charge >= 0.3 is 12.1 Å². The fraction of sp³-hybridized carbons (Fsp3) is 0.440. The number of benzene rings is 2. The number of nitrogens with zero attached hydrogens (tertiary/aromatic N) is 1. The number of amides is 1. The third-order valence-corrected chi connectivity index (χ3v) is 6.35. The van der Waals surface area contributed by atoms with E-state index in [9.17, 15) is 14.7 Å². The Morgan fingerprint density at radius 1 is 1.06 bits per heavy atom. The summed E-state index contributed by atoms with van der Waals surface area (Å²) >= 11 is 0. The lowest BCUT2D eigenvalue weighted by Crippen LogP contribution is -2.50. The Bertz CT molecular complexity index is 936. The first-order valence-electron chi connectivity index (χ1n) is 10.7. The molecular weight excluding hydrogens is 394 g/mol. The maximum absolute atomic E-state index is 13.1. The standard InChI is InChI=1S/C25H29NO5/c1-25(2,30-3)14-22(23(27)28)26(16-12-13-16)24(29)31-15-21-19-10-6-4-8-17(19)18-9-5-7-11-20(18)21/h4-11,16,21-22H,12-15H2,1-3H3,(H,27,28). The molecule has 0 bridgehead atoms. The van der Waals surface area contributed by atoms with E-state index in [-0.39, 0.29) is 25.0 Å². The minimum atomic E-state index is -1.04. The second kappa shape index (κ2) is 8.35. The van der Waals surface area contributed by atoms with E-state index < -0.39 is 23.7 Å². The number of methoxy groups -OCH3 is 1. The molecule has 2 aromatic carbocycles. The van der Waals surface area contributed by atoms with E-state index >= 15 is 0 Å². The van der Waals surface area contributed by atoms with Crippen LogP contribution in [0.25, 0.3) is 11.1 Å².